The highest BCUT2D eigenvalue weighted by molar-refractivity contribution is 6.61. The molecule has 0 spiro atoms. The molecule has 0 N–H and O–H groups in total. The molecule has 6 heteroatoms. The molecule has 0 bridgehead atoms. The van der Waals surface area contributed by atoms with E-state index in [1.165, 1.54) is 0 Å². The molecule has 0 aliphatic rings. The van der Waals surface area contributed by atoms with Gasteiger partial charge in [-0.1, -0.05) is 28.9 Å². The molecule has 0 aromatic heterocycles. The molecule has 15 heavy (non-hydrogen) atoms. The van der Waals surface area contributed by atoms with Gasteiger partial charge >= 0.3 is 5.43 Å². The Morgan fingerprint density at radius 2 is 2.00 bits per heavy atom. The van der Waals surface area contributed by atoms with E-state index < -0.39 is 5.43 Å². The standard InChI is InChI=1S/C9H4Cl2N2O2/c10-7-3-1-6(2-4-7)8(5-12)13-15-9(11)14/h1-4H. The molecule has 0 saturated heterocycles. The third-order valence-electron chi connectivity index (χ3n) is 1.43. The normalized spacial score (nSPS) is 10.6. The third-order valence-corrected chi connectivity index (χ3v) is 1.75. The number of benzene rings is 1. The number of hydrogen-bond donors (Lipinski definition) is 0. The van der Waals surface area contributed by atoms with Gasteiger partial charge in [0.2, 0.25) is 0 Å². The molecule has 0 amide bonds. The molecule has 1 aromatic carbocycles. The smallest absolute Gasteiger partial charge is 0.301 e. The number of oxime groups is 1. The van der Waals surface area contributed by atoms with Gasteiger partial charge in [-0.15, -0.1) is 0 Å². The van der Waals surface area contributed by atoms with E-state index in [0.29, 0.717) is 10.6 Å². The van der Waals surface area contributed by atoms with Gasteiger partial charge in [0.15, 0.2) is 5.71 Å². The van der Waals surface area contributed by atoms with Gasteiger partial charge in [0.05, 0.1) is 0 Å². The molecular weight excluding hydrogens is 239 g/mol. The number of carbonyl (C=O) groups is 1. The molecular formula is C9H4Cl2N2O2. The van der Waals surface area contributed by atoms with Crippen LogP contribution in [0.2, 0.25) is 5.02 Å². The maximum absolute atomic E-state index is 10.3. The van der Waals surface area contributed by atoms with Gasteiger partial charge in [-0.3, -0.25) is 0 Å². The quantitative estimate of drug-likeness (QED) is 0.347. The van der Waals surface area contributed by atoms with Gasteiger partial charge in [0.1, 0.15) is 6.07 Å². The SMILES string of the molecule is N#CC(=NOC(=O)Cl)c1ccc(Cl)cc1. The van der Waals surface area contributed by atoms with E-state index in [1.54, 1.807) is 30.3 Å². The third kappa shape index (κ3) is 3.58. The summed E-state index contributed by atoms with van der Waals surface area (Å²) in [6, 6.07) is 8.10. The molecule has 76 valence electrons. The topological polar surface area (TPSA) is 62.4 Å². The summed E-state index contributed by atoms with van der Waals surface area (Å²) in [4.78, 5) is 14.4. The van der Waals surface area contributed by atoms with Crippen LogP contribution in [-0.2, 0) is 4.84 Å². The predicted molar refractivity (Wildman–Crippen MR) is 55.9 cm³/mol. The number of nitriles is 1. The predicted octanol–water partition coefficient (Wildman–Crippen LogP) is 2.94. The van der Waals surface area contributed by atoms with E-state index in [1.807, 2.05) is 0 Å². The van der Waals surface area contributed by atoms with E-state index in [4.69, 9.17) is 28.5 Å². The average Bonchev–Trinajstić information content (AvgIpc) is 2.21. The fourth-order valence-electron chi connectivity index (χ4n) is 0.827. The second-order valence-corrected chi connectivity index (χ2v) is 3.13. The zero-order valence-corrected chi connectivity index (χ0v) is 8.79. The highest BCUT2D eigenvalue weighted by Crippen LogP contribution is 2.10. The Morgan fingerprint density at radius 3 is 2.47 bits per heavy atom. The first kappa shape index (κ1) is 11.5. The number of nitrogens with zero attached hydrogens (tertiary/aromatic N) is 2. The minimum absolute atomic E-state index is 0.0549. The lowest BCUT2D eigenvalue weighted by Crippen LogP contribution is -1.99. The maximum atomic E-state index is 10.3. The van der Waals surface area contributed by atoms with Gasteiger partial charge < -0.3 is 4.84 Å². The van der Waals surface area contributed by atoms with E-state index in [-0.39, 0.29) is 5.71 Å². The summed E-state index contributed by atoms with van der Waals surface area (Å²) < 4.78 is 0. The number of halogens is 2. The second-order valence-electron chi connectivity index (χ2n) is 2.39. The zero-order valence-electron chi connectivity index (χ0n) is 7.28. The Kier molecular flexibility index (Phi) is 4.10. The van der Waals surface area contributed by atoms with Gasteiger partial charge in [-0.25, -0.2) is 4.79 Å². The van der Waals surface area contributed by atoms with Crippen molar-refractivity contribution in [2.45, 2.75) is 0 Å². The van der Waals surface area contributed by atoms with Gasteiger partial charge in [-0.2, -0.15) is 5.26 Å². The Morgan fingerprint density at radius 1 is 1.40 bits per heavy atom. The van der Waals surface area contributed by atoms with E-state index >= 15 is 0 Å². The maximum Gasteiger partial charge on any atom is 0.429 e. The molecule has 0 aliphatic heterocycles. The van der Waals surface area contributed by atoms with Crippen LogP contribution in [0.1, 0.15) is 5.56 Å². The summed E-state index contributed by atoms with van der Waals surface area (Å²) in [7, 11) is 0. The van der Waals surface area contributed by atoms with Crippen molar-refractivity contribution >= 4 is 34.3 Å². The zero-order chi connectivity index (χ0) is 11.3. The molecule has 0 saturated carbocycles. The van der Waals surface area contributed by atoms with Crippen LogP contribution in [0.5, 0.6) is 0 Å². The summed E-state index contributed by atoms with van der Waals surface area (Å²) in [6.07, 6.45) is 0. The molecule has 1 aromatic rings. The van der Waals surface area contributed by atoms with E-state index in [0.717, 1.165) is 0 Å². The molecule has 0 atom stereocenters. The van der Waals surface area contributed by atoms with Crippen LogP contribution >= 0.6 is 23.2 Å². The van der Waals surface area contributed by atoms with Crippen LogP contribution in [0.25, 0.3) is 0 Å². The van der Waals surface area contributed by atoms with Crippen molar-refractivity contribution in [2.24, 2.45) is 5.16 Å². The number of carbonyl (C=O) groups excluding carboxylic acids is 1. The van der Waals surface area contributed by atoms with Crippen LogP contribution < -0.4 is 0 Å². The lowest BCUT2D eigenvalue weighted by molar-refractivity contribution is 0.179. The van der Waals surface area contributed by atoms with Crippen LogP contribution in [0, 0.1) is 11.3 Å². The van der Waals surface area contributed by atoms with Crippen LogP contribution in [0.3, 0.4) is 0 Å². The summed E-state index contributed by atoms with van der Waals surface area (Å²) in [6.45, 7) is 0. The minimum Gasteiger partial charge on any atom is -0.301 e. The van der Waals surface area contributed by atoms with Crippen molar-refractivity contribution in [3.8, 4) is 6.07 Å². The Labute approximate surface area is 95.6 Å². The van der Waals surface area contributed by atoms with Gasteiger partial charge in [-0.05, 0) is 12.1 Å². The van der Waals surface area contributed by atoms with Crippen molar-refractivity contribution in [2.75, 3.05) is 0 Å². The fourth-order valence-corrected chi connectivity index (χ4v) is 0.987. The molecule has 0 unspecified atom stereocenters. The molecule has 0 fully saturated rings. The summed E-state index contributed by atoms with van der Waals surface area (Å²) in [5.74, 6) is 0. The Hall–Kier alpha value is -1.57. The van der Waals surface area contributed by atoms with Crippen LogP contribution in [0.15, 0.2) is 29.4 Å². The van der Waals surface area contributed by atoms with Crippen molar-refractivity contribution < 1.29 is 9.63 Å². The molecule has 0 heterocycles. The number of hydrogen-bond acceptors (Lipinski definition) is 4. The first-order valence-corrected chi connectivity index (χ1v) is 4.49. The van der Waals surface area contributed by atoms with Crippen LogP contribution in [0.4, 0.5) is 4.79 Å². The van der Waals surface area contributed by atoms with Crippen molar-refractivity contribution in [1.82, 2.24) is 0 Å². The monoisotopic (exact) mass is 242 g/mol. The molecule has 0 aliphatic carbocycles. The summed E-state index contributed by atoms with van der Waals surface area (Å²) in [5.41, 5.74) is -0.669. The minimum atomic E-state index is -1.10. The first-order chi connectivity index (χ1) is 7.13. The van der Waals surface area contributed by atoms with E-state index in [9.17, 15) is 4.79 Å². The van der Waals surface area contributed by atoms with Crippen LogP contribution in [-0.4, -0.2) is 11.1 Å². The highest BCUT2D eigenvalue weighted by Gasteiger charge is 2.04. The number of rotatable bonds is 2. The molecule has 1 rings (SSSR count). The van der Waals surface area contributed by atoms with Gasteiger partial charge in [0, 0.05) is 22.2 Å². The lowest BCUT2D eigenvalue weighted by atomic mass is 10.1. The summed E-state index contributed by atoms with van der Waals surface area (Å²) >= 11 is 10.6. The van der Waals surface area contributed by atoms with Crippen molar-refractivity contribution in [1.29, 1.82) is 5.26 Å². The van der Waals surface area contributed by atoms with Crippen molar-refractivity contribution in [3.63, 3.8) is 0 Å². The molecule has 4 nitrogen and oxygen atoms in total. The second kappa shape index (κ2) is 5.35. The average molecular weight is 243 g/mol. The van der Waals surface area contributed by atoms with Crippen molar-refractivity contribution in [3.05, 3.63) is 34.9 Å². The fraction of sp³-hybridized carbons (Fsp3) is 0. The first-order valence-electron chi connectivity index (χ1n) is 3.74. The highest BCUT2D eigenvalue weighted by atomic mass is 35.5. The Bertz CT molecular complexity index is 434. The largest absolute Gasteiger partial charge is 0.429 e. The van der Waals surface area contributed by atoms with E-state index in [2.05, 4.69) is 9.99 Å². The van der Waals surface area contributed by atoms with Gasteiger partial charge in [0.25, 0.3) is 0 Å². The molecule has 0 radical (unpaired) electrons. The Balaban J connectivity index is 2.93. The lowest BCUT2D eigenvalue weighted by Gasteiger charge is -1.96. The summed E-state index contributed by atoms with van der Waals surface area (Å²) in [5, 5.41) is 12.5.